The average molecular weight is 238 g/mol. The third kappa shape index (κ3) is 1.49. The number of carbonyl (C=O) groups excluding carboxylic acids is 2. The number of carbonyl (C=O) groups is 2. The summed E-state index contributed by atoms with van der Waals surface area (Å²) in [7, 11) is 0. The molecule has 0 heterocycles. The van der Waals surface area contributed by atoms with Gasteiger partial charge in [0.15, 0.2) is 5.78 Å². The van der Waals surface area contributed by atoms with Crippen LogP contribution in [0.1, 0.15) is 40.5 Å². The molecule has 2 aliphatic rings. The number of Topliss-reactive ketones (excluding diaryl/α,β-unsaturated/α-hetero) is 1. The second-order valence-electron chi connectivity index (χ2n) is 6.04. The fourth-order valence-corrected chi connectivity index (χ4v) is 3.61. The second kappa shape index (κ2) is 3.72. The Morgan fingerprint density at radius 1 is 1.41 bits per heavy atom. The first-order chi connectivity index (χ1) is 7.84. The van der Waals surface area contributed by atoms with Gasteiger partial charge in [0.1, 0.15) is 0 Å². The molecule has 2 amide bonds. The molecule has 2 N–H and O–H groups in total. The van der Waals surface area contributed by atoms with Crippen LogP contribution in [0.4, 0.5) is 4.79 Å². The Hall–Kier alpha value is -1.06. The maximum Gasteiger partial charge on any atom is 0.315 e. The molecule has 2 bridgehead atoms. The van der Waals surface area contributed by atoms with Crippen LogP contribution in [0, 0.1) is 16.7 Å². The molecule has 0 aromatic rings. The van der Waals surface area contributed by atoms with Crippen molar-refractivity contribution in [3.63, 3.8) is 0 Å². The zero-order chi connectivity index (χ0) is 12.8. The van der Waals surface area contributed by atoms with Crippen molar-refractivity contribution in [1.29, 1.82) is 0 Å². The maximum atomic E-state index is 12.4. The van der Waals surface area contributed by atoms with Crippen LogP contribution < -0.4 is 10.6 Å². The smallest absolute Gasteiger partial charge is 0.315 e. The van der Waals surface area contributed by atoms with Crippen molar-refractivity contribution < 1.29 is 9.59 Å². The summed E-state index contributed by atoms with van der Waals surface area (Å²) in [4.78, 5) is 24.0. The molecule has 0 radical (unpaired) electrons. The van der Waals surface area contributed by atoms with E-state index in [4.69, 9.17) is 0 Å². The van der Waals surface area contributed by atoms with Gasteiger partial charge in [0, 0.05) is 12.0 Å². The van der Waals surface area contributed by atoms with E-state index in [9.17, 15) is 9.59 Å². The predicted octanol–water partition coefficient (Wildman–Crippen LogP) is 1.70. The molecule has 2 saturated carbocycles. The van der Waals surface area contributed by atoms with Gasteiger partial charge in [0.2, 0.25) is 0 Å². The lowest BCUT2D eigenvalue weighted by Crippen LogP contribution is -2.49. The first kappa shape index (κ1) is 12.4. The highest BCUT2D eigenvalue weighted by atomic mass is 16.2. The van der Waals surface area contributed by atoms with E-state index >= 15 is 0 Å². The maximum absolute atomic E-state index is 12.4. The van der Waals surface area contributed by atoms with Gasteiger partial charge in [0.25, 0.3) is 0 Å². The number of rotatable bonds is 2. The number of ketones is 1. The molecule has 0 aromatic carbocycles. The van der Waals surface area contributed by atoms with E-state index in [0.717, 1.165) is 12.8 Å². The summed E-state index contributed by atoms with van der Waals surface area (Å²) in [6.45, 7) is 8.81. The fourth-order valence-electron chi connectivity index (χ4n) is 3.61. The Morgan fingerprint density at radius 2 is 2.06 bits per heavy atom. The Morgan fingerprint density at radius 3 is 2.53 bits per heavy atom. The first-order valence-corrected chi connectivity index (χ1v) is 6.43. The van der Waals surface area contributed by atoms with Gasteiger partial charge in [-0.25, -0.2) is 4.79 Å². The van der Waals surface area contributed by atoms with Gasteiger partial charge >= 0.3 is 6.03 Å². The summed E-state index contributed by atoms with van der Waals surface area (Å²) in [5.41, 5.74) is -0.268. The summed E-state index contributed by atoms with van der Waals surface area (Å²) >= 11 is 0. The standard InChI is InChI=1S/C13H22N2O2/c1-5-14-11(17)15-9-8-6-7-13(4,10(9)16)12(8,2)3/h8-9H,5-7H2,1-4H3,(H2,14,15,17). The number of fused-ring (bicyclic) bond motifs is 2. The van der Waals surface area contributed by atoms with E-state index in [-0.39, 0.29) is 34.6 Å². The number of nitrogens with one attached hydrogen (secondary N) is 2. The van der Waals surface area contributed by atoms with Crippen LogP contribution in [0.3, 0.4) is 0 Å². The quantitative estimate of drug-likeness (QED) is 0.769. The molecular weight excluding hydrogens is 216 g/mol. The Labute approximate surface area is 103 Å². The summed E-state index contributed by atoms with van der Waals surface area (Å²) in [6.07, 6.45) is 1.99. The van der Waals surface area contributed by atoms with Gasteiger partial charge in [-0.15, -0.1) is 0 Å². The highest BCUT2D eigenvalue weighted by molar-refractivity contribution is 5.96. The van der Waals surface area contributed by atoms with E-state index in [2.05, 4.69) is 31.4 Å². The molecule has 0 aliphatic heterocycles. The van der Waals surface area contributed by atoms with Crippen LogP contribution >= 0.6 is 0 Å². The third-order valence-electron chi connectivity index (χ3n) is 5.16. The number of hydrogen-bond donors (Lipinski definition) is 2. The fraction of sp³-hybridized carbons (Fsp3) is 0.846. The third-order valence-corrected chi connectivity index (χ3v) is 5.16. The minimum Gasteiger partial charge on any atom is -0.338 e. The normalized spacial score (nSPS) is 38.2. The summed E-state index contributed by atoms with van der Waals surface area (Å²) in [5.74, 6) is 0.493. The van der Waals surface area contributed by atoms with Crippen LogP contribution in [0.2, 0.25) is 0 Å². The largest absolute Gasteiger partial charge is 0.338 e. The van der Waals surface area contributed by atoms with E-state index in [1.54, 1.807) is 0 Å². The van der Waals surface area contributed by atoms with Crippen LogP contribution in [0.15, 0.2) is 0 Å². The molecule has 2 aliphatic carbocycles. The van der Waals surface area contributed by atoms with Crippen molar-refractivity contribution >= 4 is 11.8 Å². The highest BCUT2D eigenvalue weighted by Crippen LogP contribution is 2.63. The van der Waals surface area contributed by atoms with E-state index in [0.29, 0.717) is 6.54 Å². The molecule has 0 spiro atoms. The van der Waals surface area contributed by atoms with Crippen LogP contribution in [0.25, 0.3) is 0 Å². The Bertz CT molecular complexity index is 364. The van der Waals surface area contributed by atoms with E-state index < -0.39 is 0 Å². The number of urea groups is 1. The monoisotopic (exact) mass is 238 g/mol. The van der Waals surface area contributed by atoms with Gasteiger partial charge in [0.05, 0.1) is 6.04 Å². The van der Waals surface area contributed by atoms with Crippen molar-refractivity contribution in [3.05, 3.63) is 0 Å². The topological polar surface area (TPSA) is 58.2 Å². The zero-order valence-corrected chi connectivity index (χ0v) is 11.1. The summed E-state index contributed by atoms with van der Waals surface area (Å²) in [6, 6.07) is -0.520. The predicted molar refractivity (Wildman–Crippen MR) is 65.6 cm³/mol. The number of hydrogen-bond acceptors (Lipinski definition) is 2. The van der Waals surface area contributed by atoms with Crippen LogP contribution in [-0.4, -0.2) is 24.4 Å². The van der Waals surface area contributed by atoms with Crippen LogP contribution in [0.5, 0.6) is 0 Å². The van der Waals surface area contributed by atoms with Crippen molar-refractivity contribution in [2.75, 3.05) is 6.54 Å². The van der Waals surface area contributed by atoms with E-state index in [1.165, 1.54) is 0 Å². The van der Waals surface area contributed by atoms with Gasteiger partial charge in [-0.2, -0.15) is 0 Å². The Balaban J connectivity index is 2.17. The van der Waals surface area contributed by atoms with Crippen molar-refractivity contribution in [1.82, 2.24) is 10.6 Å². The summed E-state index contributed by atoms with van der Waals surface area (Å²) < 4.78 is 0. The Kier molecular flexibility index (Phi) is 2.71. The van der Waals surface area contributed by atoms with Gasteiger partial charge < -0.3 is 10.6 Å². The number of amides is 2. The molecule has 4 nitrogen and oxygen atoms in total. The van der Waals surface area contributed by atoms with E-state index in [1.807, 2.05) is 6.92 Å². The molecule has 17 heavy (non-hydrogen) atoms. The lowest BCUT2D eigenvalue weighted by atomic mass is 9.70. The molecule has 0 saturated heterocycles. The zero-order valence-electron chi connectivity index (χ0n) is 11.1. The van der Waals surface area contributed by atoms with Crippen molar-refractivity contribution in [3.8, 4) is 0 Å². The molecule has 2 rings (SSSR count). The summed E-state index contributed by atoms with van der Waals surface area (Å²) in [5, 5.41) is 5.53. The molecule has 3 atom stereocenters. The molecule has 3 unspecified atom stereocenters. The lowest BCUT2D eigenvalue weighted by molar-refractivity contribution is -0.129. The molecule has 4 heteroatoms. The lowest BCUT2D eigenvalue weighted by Gasteiger charge is -2.32. The minimum atomic E-state index is -0.296. The average Bonchev–Trinajstić information content (AvgIpc) is 2.53. The van der Waals surface area contributed by atoms with Crippen LogP contribution in [-0.2, 0) is 4.79 Å². The molecule has 96 valence electrons. The second-order valence-corrected chi connectivity index (χ2v) is 6.04. The van der Waals surface area contributed by atoms with Gasteiger partial charge in [-0.3, -0.25) is 4.79 Å². The van der Waals surface area contributed by atoms with Crippen molar-refractivity contribution in [2.45, 2.75) is 46.6 Å². The SMILES string of the molecule is CCNC(=O)NC1C(=O)C2(C)CCC1C2(C)C. The molecular formula is C13H22N2O2. The van der Waals surface area contributed by atoms with Gasteiger partial charge in [-0.1, -0.05) is 20.8 Å². The van der Waals surface area contributed by atoms with Gasteiger partial charge in [-0.05, 0) is 31.1 Å². The molecule has 0 aromatic heterocycles. The minimum absolute atomic E-state index is 0.00571. The molecule has 2 fully saturated rings. The first-order valence-electron chi connectivity index (χ1n) is 6.43. The van der Waals surface area contributed by atoms with Crippen molar-refractivity contribution in [2.24, 2.45) is 16.7 Å². The highest BCUT2D eigenvalue weighted by Gasteiger charge is 2.66.